The average molecular weight is 272 g/mol. The maximum absolute atomic E-state index is 11.6. The van der Waals surface area contributed by atoms with Crippen LogP contribution >= 0.6 is 11.6 Å². The SMILES string of the molecule is CCOC(=O)/C(=C\Nc1ccccc1Cl)[NH2+]OC. The molecule has 6 heteroatoms. The van der Waals surface area contributed by atoms with Gasteiger partial charge in [0.25, 0.3) is 5.70 Å². The van der Waals surface area contributed by atoms with Gasteiger partial charge in [-0.05, 0) is 19.1 Å². The van der Waals surface area contributed by atoms with Crippen molar-refractivity contribution in [2.24, 2.45) is 0 Å². The van der Waals surface area contributed by atoms with E-state index in [4.69, 9.17) is 21.2 Å². The molecule has 0 saturated carbocycles. The number of hydrogen-bond acceptors (Lipinski definition) is 4. The van der Waals surface area contributed by atoms with E-state index < -0.39 is 5.97 Å². The van der Waals surface area contributed by atoms with Gasteiger partial charge in [-0.15, -0.1) is 0 Å². The van der Waals surface area contributed by atoms with Crippen molar-refractivity contribution >= 4 is 23.3 Å². The predicted molar refractivity (Wildman–Crippen MR) is 68.7 cm³/mol. The zero-order chi connectivity index (χ0) is 13.4. The fourth-order valence-electron chi connectivity index (χ4n) is 1.22. The van der Waals surface area contributed by atoms with E-state index >= 15 is 0 Å². The summed E-state index contributed by atoms with van der Waals surface area (Å²) in [6.07, 6.45) is 1.49. The number of hydrogen-bond donors (Lipinski definition) is 2. The van der Waals surface area contributed by atoms with Gasteiger partial charge in [0, 0.05) is 0 Å². The Labute approximate surface area is 111 Å². The number of carbonyl (C=O) groups excluding carboxylic acids is 1. The molecule has 5 nitrogen and oxygen atoms in total. The largest absolute Gasteiger partial charge is 0.458 e. The Kier molecular flexibility index (Phi) is 6.21. The minimum absolute atomic E-state index is 0.277. The molecule has 0 unspecified atom stereocenters. The molecule has 0 aliphatic rings. The molecule has 0 aliphatic carbocycles. The van der Waals surface area contributed by atoms with E-state index in [9.17, 15) is 4.79 Å². The second-order valence-electron chi connectivity index (χ2n) is 3.30. The highest BCUT2D eigenvalue weighted by Crippen LogP contribution is 2.20. The number of anilines is 1. The average Bonchev–Trinajstić information content (AvgIpc) is 2.36. The van der Waals surface area contributed by atoms with Crippen LogP contribution in [-0.2, 0) is 14.4 Å². The van der Waals surface area contributed by atoms with Crippen LogP contribution in [0.3, 0.4) is 0 Å². The van der Waals surface area contributed by atoms with Gasteiger partial charge >= 0.3 is 5.97 Å². The van der Waals surface area contributed by atoms with E-state index in [1.54, 1.807) is 19.1 Å². The Morgan fingerprint density at radius 3 is 2.83 bits per heavy atom. The minimum atomic E-state index is -0.459. The Morgan fingerprint density at radius 1 is 1.50 bits per heavy atom. The molecule has 98 valence electrons. The number of nitrogens with one attached hydrogen (secondary N) is 1. The van der Waals surface area contributed by atoms with Crippen LogP contribution in [0, 0.1) is 0 Å². The molecular weight excluding hydrogens is 256 g/mol. The maximum atomic E-state index is 11.6. The third-order valence-corrected chi connectivity index (χ3v) is 2.34. The first-order valence-electron chi connectivity index (χ1n) is 5.43. The zero-order valence-corrected chi connectivity index (χ0v) is 11.0. The molecule has 1 aromatic carbocycles. The number of hydroxylamine groups is 1. The molecule has 0 spiro atoms. The van der Waals surface area contributed by atoms with Crippen LogP contribution in [0.1, 0.15) is 6.92 Å². The van der Waals surface area contributed by atoms with Crippen molar-refractivity contribution in [2.75, 3.05) is 19.0 Å². The third-order valence-electron chi connectivity index (χ3n) is 2.01. The van der Waals surface area contributed by atoms with Crippen molar-refractivity contribution in [2.45, 2.75) is 6.92 Å². The smallest absolute Gasteiger partial charge is 0.397 e. The number of para-hydroxylation sites is 1. The summed E-state index contributed by atoms with van der Waals surface area (Å²) < 4.78 is 4.88. The molecule has 1 aromatic rings. The summed E-state index contributed by atoms with van der Waals surface area (Å²) in [6, 6.07) is 7.22. The number of rotatable bonds is 6. The van der Waals surface area contributed by atoms with E-state index in [-0.39, 0.29) is 5.70 Å². The Bertz CT molecular complexity index is 435. The molecule has 0 heterocycles. The molecule has 0 aliphatic heterocycles. The van der Waals surface area contributed by atoms with Crippen LogP contribution < -0.4 is 10.8 Å². The minimum Gasteiger partial charge on any atom is -0.458 e. The number of esters is 1. The number of carbonyl (C=O) groups is 1. The lowest BCUT2D eigenvalue weighted by Crippen LogP contribution is -2.82. The summed E-state index contributed by atoms with van der Waals surface area (Å²) in [5, 5.41) is 3.50. The number of benzene rings is 1. The fourth-order valence-corrected chi connectivity index (χ4v) is 1.41. The number of quaternary nitrogens is 1. The standard InChI is InChI=1S/C12H15ClN2O3/c1-3-18-12(16)11(15-17-2)8-14-10-7-5-4-6-9(10)13/h4-8,14-15H,3H2,1-2H3/p+1/b11-8+. The maximum Gasteiger partial charge on any atom is 0.397 e. The van der Waals surface area contributed by atoms with E-state index in [2.05, 4.69) is 5.32 Å². The molecular formula is C12H16ClN2O3+. The summed E-state index contributed by atoms with van der Waals surface area (Å²) >= 11 is 5.98. The quantitative estimate of drug-likeness (QED) is 0.465. The third kappa shape index (κ3) is 4.37. The normalized spacial score (nSPS) is 11.2. The summed E-state index contributed by atoms with van der Waals surface area (Å²) in [4.78, 5) is 16.4. The van der Waals surface area contributed by atoms with E-state index in [1.807, 2.05) is 12.1 Å². The number of ether oxygens (including phenoxy) is 1. The summed E-state index contributed by atoms with van der Waals surface area (Å²) in [7, 11) is 1.46. The van der Waals surface area contributed by atoms with Crippen LogP contribution in [0.15, 0.2) is 36.2 Å². The highest BCUT2D eigenvalue weighted by atomic mass is 35.5. The lowest BCUT2D eigenvalue weighted by Gasteiger charge is -2.05. The van der Waals surface area contributed by atoms with E-state index in [1.165, 1.54) is 18.8 Å². The zero-order valence-electron chi connectivity index (χ0n) is 10.3. The second-order valence-corrected chi connectivity index (χ2v) is 3.71. The lowest BCUT2D eigenvalue weighted by atomic mass is 10.3. The van der Waals surface area contributed by atoms with Gasteiger partial charge in [0.15, 0.2) is 0 Å². The van der Waals surface area contributed by atoms with Crippen LogP contribution in [0.25, 0.3) is 0 Å². The Balaban J connectivity index is 2.77. The van der Waals surface area contributed by atoms with Gasteiger partial charge < -0.3 is 10.1 Å². The van der Waals surface area contributed by atoms with Gasteiger partial charge in [-0.2, -0.15) is 5.48 Å². The molecule has 3 N–H and O–H groups in total. The van der Waals surface area contributed by atoms with Gasteiger partial charge in [0.1, 0.15) is 0 Å². The Morgan fingerprint density at radius 2 is 2.22 bits per heavy atom. The molecule has 0 radical (unpaired) electrons. The van der Waals surface area contributed by atoms with Crippen molar-refractivity contribution in [3.05, 3.63) is 41.2 Å². The summed E-state index contributed by atoms with van der Waals surface area (Å²) in [5.74, 6) is -0.459. The van der Waals surface area contributed by atoms with E-state index in [0.29, 0.717) is 17.3 Å². The fraction of sp³-hybridized carbons (Fsp3) is 0.250. The van der Waals surface area contributed by atoms with Gasteiger partial charge in [0.2, 0.25) is 0 Å². The van der Waals surface area contributed by atoms with Gasteiger partial charge in [-0.3, -0.25) is 0 Å². The first-order valence-corrected chi connectivity index (χ1v) is 5.81. The molecule has 18 heavy (non-hydrogen) atoms. The van der Waals surface area contributed by atoms with Crippen molar-refractivity contribution < 1.29 is 19.8 Å². The molecule has 0 saturated heterocycles. The number of halogens is 1. The topological polar surface area (TPSA) is 64.2 Å². The van der Waals surface area contributed by atoms with Crippen LogP contribution in [0.4, 0.5) is 5.69 Å². The first-order chi connectivity index (χ1) is 8.69. The van der Waals surface area contributed by atoms with Crippen LogP contribution in [0.5, 0.6) is 0 Å². The van der Waals surface area contributed by atoms with Gasteiger partial charge in [-0.1, -0.05) is 23.7 Å². The molecule has 0 bridgehead atoms. The van der Waals surface area contributed by atoms with Crippen molar-refractivity contribution in [1.29, 1.82) is 0 Å². The summed E-state index contributed by atoms with van der Waals surface area (Å²) in [5.41, 5.74) is 2.28. The van der Waals surface area contributed by atoms with Gasteiger partial charge in [-0.25, -0.2) is 9.63 Å². The van der Waals surface area contributed by atoms with Crippen molar-refractivity contribution in [3.8, 4) is 0 Å². The lowest BCUT2D eigenvalue weighted by molar-refractivity contribution is -0.851. The van der Waals surface area contributed by atoms with Crippen molar-refractivity contribution in [1.82, 2.24) is 0 Å². The second kappa shape index (κ2) is 7.71. The molecule has 0 amide bonds. The molecule has 0 fully saturated rings. The first kappa shape index (κ1) is 14.5. The van der Waals surface area contributed by atoms with Crippen LogP contribution in [-0.4, -0.2) is 19.7 Å². The highest BCUT2D eigenvalue weighted by Gasteiger charge is 2.15. The number of nitrogens with two attached hydrogens (primary N) is 1. The van der Waals surface area contributed by atoms with Gasteiger partial charge in [0.05, 0.1) is 30.6 Å². The monoisotopic (exact) mass is 271 g/mol. The summed E-state index contributed by atoms with van der Waals surface area (Å²) in [6.45, 7) is 2.05. The van der Waals surface area contributed by atoms with E-state index in [0.717, 1.165) is 0 Å². The highest BCUT2D eigenvalue weighted by molar-refractivity contribution is 6.33. The molecule has 0 atom stereocenters. The predicted octanol–water partition coefficient (Wildman–Crippen LogP) is 1.28. The van der Waals surface area contributed by atoms with Crippen molar-refractivity contribution in [3.63, 3.8) is 0 Å². The van der Waals surface area contributed by atoms with Crippen LogP contribution in [0.2, 0.25) is 5.02 Å². The molecule has 1 rings (SSSR count). The Hall–Kier alpha value is -1.56. The molecule has 0 aromatic heterocycles.